The largest absolute Gasteiger partial charge is 0.368 e. The third-order valence-corrected chi connectivity index (χ3v) is 3.52. The fourth-order valence-corrected chi connectivity index (χ4v) is 2.69. The van der Waals surface area contributed by atoms with E-state index >= 15 is 0 Å². The fraction of sp³-hybridized carbons (Fsp3) is 0.571. The van der Waals surface area contributed by atoms with E-state index in [0.29, 0.717) is 10.9 Å². The summed E-state index contributed by atoms with van der Waals surface area (Å²) in [6.07, 6.45) is 1.38. The number of rotatable bonds is 4. The van der Waals surface area contributed by atoms with Gasteiger partial charge in [-0.15, -0.1) is 0 Å². The van der Waals surface area contributed by atoms with Crippen LogP contribution in [0.1, 0.15) is 31.4 Å². The van der Waals surface area contributed by atoms with Crippen LogP contribution in [0.4, 0.5) is 0 Å². The van der Waals surface area contributed by atoms with Crippen molar-refractivity contribution in [3.63, 3.8) is 0 Å². The molecule has 0 saturated carbocycles. The summed E-state index contributed by atoms with van der Waals surface area (Å²) in [4.78, 5) is 0. The second-order valence-corrected chi connectivity index (χ2v) is 5.25. The Balaban J connectivity index is 2.18. The van der Waals surface area contributed by atoms with Crippen molar-refractivity contribution in [1.82, 2.24) is 5.32 Å². The van der Waals surface area contributed by atoms with Crippen molar-refractivity contribution < 1.29 is 9.84 Å². The smallest absolute Gasteiger partial charge is 0.152 e. The van der Waals surface area contributed by atoms with Gasteiger partial charge in [-0.05, 0) is 44.0 Å². The molecular weight excluding hydrogens is 250 g/mol. The minimum Gasteiger partial charge on any atom is -0.368 e. The van der Waals surface area contributed by atoms with Gasteiger partial charge in [0.05, 0.1) is 6.10 Å². The van der Waals surface area contributed by atoms with E-state index in [1.165, 1.54) is 0 Å². The zero-order valence-corrected chi connectivity index (χ0v) is 11.4. The molecule has 2 N–H and O–H groups in total. The fourth-order valence-electron chi connectivity index (χ4n) is 2.49. The Hall–Kier alpha value is -0.610. The van der Waals surface area contributed by atoms with Crippen molar-refractivity contribution >= 4 is 11.6 Å². The van der Waals surface area contributed by atoms with Crippen molar-refractivity contribution in [2.45, 2.75) is 32.2 Å². The number of hydrogen-bond donors (Lipinski definition) is 2. The zero-order valence-electron chi connectivity index (χ0n) is 10.6. The molecule has 1 unspecified atom stereocenters. The Morgan fingerprint density at radius 1 is 1.50 bits per heavy atom. The predicted molar refractivity (Wildman–Crippen MR) is 72.6 cm³/mol. The molecule has 3 nitrogen and oxygen atoms in total. The van der Waals surface area contributed by atoms with Gasteiger partial charge in [0.1, 0.15) is 0 Å². The van der Waals surface area contributed by atoms with Gasteiger partial charge in [-0.2, -0.15) is 0 Å². The van der Waals surface area contributed by atoms with Crippen LogP contribution >= 0.6 is 11.6 Å². The van der Waals surface area contributed by atoms with Crippen molar-refractivity contribution in [3.8, 4) is 0 Å². The van der Waals surface area contributed by atoms with Gasteiger partial charge in [-0.25, -0.2) is 0 Å². The molecule has 1 aromatic rings. The highest BCUT2D eigenvalue weighted by Crippen LogP contribution is 2.32. The molecule has 1 aromatic carbocycles. The summed E-state index contributed by atoms with van der Waals surface area (Å²) in [6.45, 7) is 3.63. The molecule has 0 bridgehead atoms. The molecular formula is C14H20ClNO2. The summed E-state index contributed by atoms with van der Waals surface area (Å²) in [5.74, 6) is 0.381. The number of halogens is 1. The maximum atomic E-state index is 9.51. The predicted octanol–water partition coefficient (Wildman–Crippen LogP) is 2.74. The van der Waals surface area contributed by atoms with Gasteiger partial charge in [-0.1, -0.05) is 23.7 Å². The van der Waals surface area contributed by atoms with Gasteiger partial charge < -0.3 is 15.2 Å². The number of nitrogens with one attached hydrogen (secondary N) is 1. The number of benzene rings is 1. The Kier molecular flexibility index (Phi) is 5.01. The SMILES string of the molecule is CC(O)O[C@@H](c1cccc(Cl)c1)[C@@H]1CCCNC1. The van der Waals surface area contributed by atoms with Crippen LogP contribution in [0.25, 0.3) is 0 Å². The van der Waals surface area contributed by atoms with Crippen LogP contribution in [0.15, 0.2) is 24.3 Å². The molecule has 0 aliphatic carbocycles. The molecule has 1 aliphatic heterocycles. The zero-order chi connectivity index (χ0) is 13.0. The highest BCUT2D eigenvalue weighted by molar-refractivity contribution is 6.30. The minimum atomic E-state index is -0.768. The maximum absolute atomic E-state index is 9.51. The third kappa shape index (κ3) is 3.69. The Labute approximate surface area is 113 Å². The molecule has 2 rings (SSSR count). The monoisotopic (exact) mass is 269 g/mol. The first-order valence-corrected chi connectivity index (χ1v) is 6.84. The van der Waals surface area contributed by atoms with Crippen LogP contribution in [0.3, 0.4) is 0 Å². The lowest BCUT2D eigenvalue weighted by Crippen LogP contribution is -2.35. The summed E-state index contributed by atoms with van der Waals surface area (Å²) >= 11 is 6.03. The van der Waals surface area contributed by atoms with E-state index in [0.717, 1.165) is 31.5 Å². The first-order valence-electron chi connectivity index (χ1n) is 6.46. The van der Waals surface area contributed by atoms with Gasteiger partial charge >= 0.3 is 0 Å². The molecule has 3 atom stereocenters. The quantitative estimate of drug-likeness (QED) is 0.826. The summed E-state index contributed by atoms with van der Waals surface area (Å²) in [6, 6.07) is 7.70. The molecule has 0 aromatic heterocycles. The van der Waals surface area contributed by atoms with Gasteiger partial charge in [-0.3, -0.25) is 0 Å². The van der Waals surface area contributed by atoms with Crippen molar-refractivity contribution in [3.05, 3.63) is 34.9 Å². The van der Waals surface area contributed by atoms with E-state index in [2.05, 4.69) is 5.32 Å². The van der Waals surface area contributed by atoms with Gasteiger partial charge in [0, 0.05) is 17.5 Å². The van der Waals surface area contributed by atoms with E-state index in [1.807, 2.05) is 24.3 Å². The van der Waals surface area contributed by atoms with E-state index in [1.54, 1.807) is 6.92 Å². The summed E-state index contributed by atoms with van der Waals surface area (Å²) < 4.78 is 5.69. The Bertz CT molecular complexity index is 378. The molecule has 1 fully saturated rings. The highest BCUT2D eigenvalue weighted by atomic mass is 35.5. The summed E-state index contributed by atoms with van der Waals surface area (Å²) in [7, 11) is 0. The summed E-state index contributed by atoms with van der Waals surface area (Å²) in [5.41, 5.74) is 1.04. The molecule has 1 heterocycles. The van der Waals surface area contributed by atoms with E-state index < -0.39 is 6.29 Å². The maximum Gasteiger partial charge on any atom is 0.152 e. The van der Waals surface area contributed by atoms with Gasteiger partial charge in [0.2, 0.25) is 0 Å². The van der Waals surface area contributed by atoms with Crippen LogP contribution in [0.2, 0.25) is 5.02 Å². The Morgan fingerprint density at radius 2 is 2.33 bits per heavy atom. The van der Waals surface area contributed by atoms with Gasteiger partial charge in [0.25, 0.3) is 0 Å². The lowest BCUT2D eigenvalue weighted by atomic mass is 9.89. The normalized spacial score (nSPS) is 23.6. The number of aliphatic hydroxyl groups excluding tert-OH is 1. The molecule has 1 aliphatic rings. The number of piperidine rings is 1. The van der Waals surface area contributed by atoms with E-state index in [9.17, 15) is 5.11 Å². The first-order chi connectivity index (χ1) is 8.66. The summed E-state index contributed by atoms with van der Waals surface area (Å²) in [5, 5.41) is 13.6. The topological polar surface area (TPSA) is 41.5 Å². The average molecular weight is 270 g/mol. The molecule has 100 valence electrons. The van der Waals surface area contributed by atoms with Crippen LogP contribution in [0, 0.1) is 5.92 Å². The average Bonchev–Trinajstić information content (AvgIpc) is 2.37. The molecule has 18 heavy (non-hydrogen) atoms. The minimum absolute atomic E-state index is 0.100. The molecule has 0 spiro atoms. The van der Waals surface area contributed by atoms with Crippen LogP contribution in [-0.4, -0.2) is 24.5 Å². The molecule has 4 heteroatoms. The second kappa shape index (κ2) is 6.53. The van der Waals surface area contributed by atoms with Gasteiger partial charge in [0.15, 0.2) is 6.29 Å². The molecule has 1 saturated heterocycles. The van der Waals surface area contributed by atoms with Crippen LogP contribution < -0.4 is 5.32 Å². The highest BCUT2D eigenvalue weighted by Gasteiger charge is 2.27. The second-order valence-electron chi connectivity index (χ2n) is 4.82. The van der Waals surface area contributed by atoms with E-state index in [-0.39, 0.29) is 6.10 Å². The van der Waals surface area contributed by atoms with Crippen molar-refractivity contribution in [1.29, 1.82) is 0 Å². The lowest BCUT2D eigenvalue weighted by Gasteiger charge is -2.32. The Morgan fingerprint density at radius 3 is 2.94 bits per heavy atom. The standard InChI is InChI=1S/C14H20ClNO2/c1-10(17)18-14(12-5-3-7-16-9-12)11-4-2-6-13(15)8-11/h2,4,6,8,10,12,14,16-17H,3,5,7,9H2,1H3/t10?,12-,14+/m1/s1. The molecule has 0 amide bonds. The third-order valence-electron chi connectivity index (χ3n) is 3.28. The van der Waals surface area contributed by atoms with E-state index in [4.69, 9.17) is 16.3 Å². The number of hydrogen-bond acceptors (Lipinski definition) is 3. The van der Waals surface area contributed by atoms with Crippen LogP contribution in [-0.2, 0) is 4.74 Å². The first kappa shape index (κ1) is 13.8. The molecule has 0 radical (unpaired) electrons. The number of ether oxygens (including phenoxy) is 1. The van der Waals surface area contributed by atoms with Crippen molar-refractivity contribution in [2.75, 3.05) is 13.1 Å². The number of aliphatic hydroxyl groups is 1. The van der Waals surface area contributed by atoms with Crippen LogP contribution in [0.5, 0.6) is 0 Å². The van der Waals surface area contributed by atoms with Crippen molar-refractivity contribution in [2.24, 2.45) is 5.92 Å². The lowest BCUT2D eigenvalue weighted by molar-refractivity contribution is -0.144.